The van der Waals surface area contributed by atoms with Crippen LogP contribution in [0.5, 0.6) is 0 Å². The van der Waals surface area contributed by atoms with Crippen molar-refractivity contribution in [3.05, 3.63) is 188 Å². The van der Waals surface area contributed by atoms with Gasteiger partial charge in [0.25, 0.3) is 0 Å². The summed E-state index contributed by atoms with van der Waals surface area (Å²) in [6, 6.07) is 66.8. The molecule has 11 aromatic rings. The summed E-state index contributed by atoms with van der Waals surface area (Å²) in [7, 11) is 0. The van der Waals surface area contributed by atoms with Crippen LogP contribution in [0.15, 0.2) is 197 Å². The molecular weight excluding hydrogens is 647 g/mol. The fourth-order valence-corrected chi connectivity index (χ4v) is 8.00. The Morgan fingerprint density at radius 3 is 1.70 bits per heavy atom. The van der Waals surface area contributed by atoms with E-state index in [1.165, 1.54) is 27.5 Å². The minimum Gasteiger partial charge on any atom is -0.456 e. The Hall–Kier alpha value is -7.10. The maximum absolute atomic E-state index is 6.86. The molecule has 0 aliphatic heterocycles. The summed E-state index contributed by atoms with van der Waals surface area (Å²) in [6.07, 6.45) is 0. The van der Waals surface area contributed by atoms with Crippen LogP contribution in [0, 0.1) is 0 Å². The van der Waals surface area contributed by atoms with Crippen LogP contribution in [0.3, 0.4) is 0 Å². The highest BCUT2D eigenvalue weighted by atomic mass is 16.3. The lowest BCUT2D eigenvalue weighted by Gasteiger charge is -2.25. The monoisotopic (exact) mass is 677 g/mol. The van der Waals surface area contributed by atoms with Crippen molar-refractivity contribution in [3.8, 4) is 22.3 Å². The van der Waals surface area contributed by atoms with Gasteiger partial charge in [0.15, 0.2) is 5.58 Å². The molecule has 0 saturated heterocycles. The maximum atomic E-state index is 6.86. The second-order valence-electron chi connectivity index (χ2n) is 13.7. The number of para-hydroxylation sites is 2. The highest BCUT2D eigenvalue weighted by molar-refractivity contribution is 6.17. The third-order valence-corrected chi connectivity index (χ3v) is 10.7. The topological polar surface area (TPSA) is 29.5 Å². The fourth-order valence-electron chi connectivity index (χ4n) is 8.00. The van der Waals surface area contributed by atoms with Crippen molar-refractivity contribution >= 4 is 82.5 Å². The summed E-state index contributed by atoms with van der Waals surface area (Å²) >= 11 is 0. The lowest BCUT2D eigenvalue weighted by Crippen LogP contribution is -2.10. The largest absolute Gasteiger partial charge is 0.456 e. The molecule has 11 rings (SSSR count). The van der Waals surface area contributed by atoms with Crippen molar-refractivity contribution < 1.29 is 8.83 Å². The van der Waals surface area contributed by atoms with Crippen LogP contribution in [-0.4, -0.2) is 0 Å². The molecule has 0 aliphatic carbocycles. The van der Waals surface area contributed by atoms with E-state index < -0.39 is 0 Å². The number of hydrogen-bond acceptors (Lipinski definition) is 3. The van der Waals surface area contributed by atoms with E-state index in [0.29, 0.717) is 0 Å². The minimum atomic E-state index is 0.844. The summed E-state index contributed by atoms with van der Waals surface area (Å²) in [6.45, 7) is 0. The SMILES string of the molecule is c1ccc2cc(-c3ccc(-c4ccc(N(c5ccc6c(c5)oc5ccccc56)c5cccc6c5oc5c7ccccc7ccc65)cc4)cc3)ccc2c1. The van der Waals surface area contributed by atoms with E-state index in [1.54, 1.807) is 0 Å². The Bertz CT molecular complexity index is 3170. The molecule has 0 amide bonds. The molecule has 3 nitrogen and oxygen atoms in total. The number of benzene rings is 9. The van der Waals surface area contributed by atoms with Crippen LogP contribution in [0.25, 0.3) is 87.7 Å². The second kappa shape index (κ2) is 11.7. The molecule has 0 bridgehead atoms. The first-order valence-corrected chi connectivity index (χ1v) is 18.0. The Morgan fingerprint density at radius 1 is 0.302 bits per heavy atom. The summed E-state index contributed by atoms with van der Waals surface area (Å²) in [5.41, 5.74) is 11.2. The van der Waals surface area contributed by atoms with Gasteiger partial charge < -0.3 is 13.7 Å². The van der Waals surface area contributed by atoms with Gasteiger partial charge in [-0.2, -0.15) is 0 Å². The normalized spacial score (nSPS) is 11.8. The highest BCUT2D eigenvalue weighted by Crippen LogP contribution is 2.45. The molecule has 0 aliphatic rings. The number of rotatable bonds is 5. The van der Waals surface area contributed by atoms with Gasteiger partial charge in [0, 0.05) is 38.7 Å². The molecule has 0 unspecified atom stereocenters. The Morgan fingerprint density at radius 2 is 0.868 bits per heavy atom. The first-order valence-electron chi connectivity index (χ1n) is 18.0. The van der Waals surface area contributed by atoms with Crippen molar-refractivity contribution in [2.24, 2.45) is 0 Å². The minimum absolute atomic E-state index is 0.844. The quantitative estimate of drug-likeness (QED) is 0.182. The van der Waals surface area contributed by atoms with E-state index in [2.05, 4.69) is 181 Å². The molecule has 0 spiro atoms. The molecule has 9 aromatic carbocycles. The Balaban J connectivity index is 1.03. The molecule has 0 fully saturated rings. The Labute approximate surface area is 305 Å². The van der Waals surface area contributed by atoms with Gasteiger partial charge in [-0.15, -0.1) is 0 Å². The van der Waals surface area contributed by atoms with E-state index in [4.69, 9.17) is 8.83 Å². The van der Waals surface area contributed by atoms with E-state index in [0.717, 1.165) is 77.3 Å². The molecule has 0 saturated carbocycles. The van der Waals surface area contributed by atoms with Crippen molar-refractivity contribution in [1.82, 2.24) is 0 Å². The molecular formula is C50H31NO2. The predicted molar refractivity (Wildman–Crippen MR) is 222 cm³/mol. The van der Waals surface area contributed by atoms with Gasteiger partial charge in [-0.1, -0.05) is 133 Å². The molecule has 248 valence electrons. The Kier molecular flexibility index (Phi) is 6.55. The zero-order chi connectivity index (χ0) is 34.9. The standard InChI is InChI=1S/C50H31NO2/c1-2-10-37-30-38(21-20-32(37)8-1)35-18-16-33(17-19-35)34-22-25-39(26-23-34)51(40-27-29-43-42-12-5-6-15-47(42)52-48(43)31-40)46-14-7-13-44-45-28-24-36-9-3-4-11-41(36)49(45)53-50(44)46/h1-31H. The first kappa shape index (κ1) is 29.6. The van der Waals surface area contributed by atoms with Crippen LogP contribution in [0.1, 0.15) is 0 Å². The van der Waals surface area contributed by atoms with Crippen LogP contribution in [0.2, 0.25) is 0 Å². The predicted octanol–water partition coefficient (Wildman–Crippen LogP) is 14.6. The van der Waals surface area contributed by atoms with Crippen molar-refractivity contribution in [1.29, 1.82) is 0 Å². The second-order valence-corrected chi connectivity index (χ2v) is 13.7. The van der Waals surface area contributed by atoms with Gasteiger partial charge in [0.05, 0.1) is 11.4 Å². The van der Waals surface area contributed by atoms with Crippen LogP contribution in [-0.2, 0) is 0 Å². The van der Waals surface area contributed by atoms with Crippen LogP contribution < -0.4 is 4.90 Å². The van der Waals surface area contributed by atoms with E-state index >= 15 is 0 Å². The zero-order valence-corrected chi connectivity index (χ0v) is 28.7. The van der Waals surface area contributed by atoms with E-state index in [9.17, 15) is 0 Å². The molecule has 0 N–H and O–H groups in total. The maximum Gasteiger partial charge on any atom is 0.159 e. The van der Waals surface area contributed by atoms with Crippen molar-refractivity contribution in [2.75, 3.05) is 4.90 Å². The summed E-state index contributed by atoms with van der Waals surface area (Å²) in [4.78, 5) is 2.28. The van der Waals surface area contributed by atoms with Gasteiger partial charge in [-0.05, 0) is 86.9 Å². The molecule has 2 heterocycles. The van der Waals surface area contributed by atoms with Crippen LogP contribution >= 0.6 is 0 Å². The van der Waals surface area contributed by atoms with Crippen molar-refractivity contribution in [2.45, 2.75) is 0 Å². The van der Waals surface area contributed by atoms with Gasteiger partial charge in [0.1, 0.15) is 16.7 Å². The van der Waals surface area contributed by atoms with Gasteiger partial charge in [-0.25, -0.2) is 0 Å². The molecule has 2 aromatic heterocycles. The third-order valence-electron chi connectivity index (χ3n) is 10.7. The smallest absolute Gasteiger partial charge is 0.159 e. The van der Waals surface area contributed by atoms with E-state index in [1.807, 2.05) is 12.1 Å². The van der Waals surface area contributed by atoms with Crippen LogP contribution in [0.4, 0.5) is 17.1 Å². The summed E-state index contributed by atoms with van der Waals surface area (Å²) in [5, 5.41) is 9.18. The number of anilines is 3. The molecule has 0 radical (unpaired) electrons. The lowest BCUT2D eigenvalue weighted by molar-refractivity contribution is 0.668. The van der Waals surface area contributed by atoms with Gasteiger partial charge in [0.2, 0.25) is 0 Å². The number of hydrogen-bond donors (Lipinski definition) is 0. The molecule has 53 heavy (non-hydrogen) atoms. The molecule has 3 heteroatoms. The number of furan rings is 2. The lowest BCUT2D eigenvalue weighted by atomic mass is 9.98. The van der Waals surface area contributed by atoms with Gasteiger partial charge in [-0.3, -0.25) is 0 Å². The number of fused-ring (bicyclic) bond motifs is 9. The number of nitrogens with zero attached hydrogens (tertiary/aromatic N) is 1. The third kappa shape index (κ3) is 4.82. The average molecular weight is 678 g/mol. The van der Waals surface area contributed by atoms with E-state index in [-0.39, 0.29) is 0 Å². The average Bonchev–Trinajstić information content (AvgIpc) is 3.80. The highest BCUT2D eigenvalue weighted by Gasteiger charge is 2.21. The fraction of sp³-hybridized carbons (Fsp3) is 0. The zero-order valence-electron chi connectivity index (χ0n) is 28.7. The first-order chi connectivity index (χ1) is 26.2. The summed E-state index contributed by atoms with van der Waals surface area (Å²) < 4.78 is 13.2. The van der Waals surface area contributed by atoms with Gasteiger partial charge >= 0.3 is 0 Å². The summed E-state index contributed by atoms with van der Waals surface area (Å²) in [5.74, 6) is 0. The molecule has 0 atom stereocenters. The van der Waals surface area contributed by atoms with Crippen molar-refractivity contribution in [3.63, 3.8) is 0 Å².